The zero-order valence-electron chi connectivity index (χ0n) is 15.0. The van der Waals surface area contributed by atoms with E-state index in [1.165, 1.54) is 18.5 Å². The highest BCUT2D eigenvalue weighted by atomic mass is 16.6. The molecule has 8 heteroatoms. The van der Waals surface area contributed by atoms with E-state index in [9.17, 15) is 14.9 Å². The third-order valence-electron chi connectivity index (χ3n) is 3.70. The van der Waals surface area contributed by atoms with E-state index in [4.69, 9.17) is 5.26 Å². The first-order chi connectivity index (χ1) is 12.1. The topological polar surface area (TPSA) is 122 Å². The van der Waals surface area contributed by atoms with Gasteiger partial charge in [-0.2, -0.15) is 5.26 Å². The highest BCUT2D eigenvalue weighted by molar-refractivity contribution is 5.97. The molecule has 0 aliphatic heterocycles. The van der Waals surface area contributed by atoms with Crippen LogP contribution in [-0.4, -0.2) is 26.3 Å². The first-order valence-electron chi connectivity index (χ1n) is 7.98. The second-order valence-corrected chi connectivity index (χ2v) is 6.69. The summed E-state index contributed by atoms with van der Waals surface area (Å²) in [5, 5.41) is 22.9. The molecule has 0 saturated heterocycles. The summed E-state index contributed by atoms with van der Waals surface area (Å²) in [7, 11) is 0. The fourth-order valence-corrected chi connectivity index (χ4v) is 2.41. The van der Waals surface area contributed by atoms with Crippen molar-refractivity contribution in [3.8, 4) is 17.2 Å². The standard InChI is InChI=1S/C18H19N5O3/c1-11(2)16-15(8-20-10-21-16)12-5-13(7-14(6-12)23(25)26)17(24)22-18(3,4)9-19/h5-8,10-11H,1-4H3,(H,22,24). The summed E-state index contributed by atoms with van der Waals surface area (Å²) in [6.07, 6.45) is 2.99. The van der Waals surface area contributed by atoms with Gasteiger partial charge in [0.15, 0.2) is 0 Å². The van der Waals surface area contributed by atoms with Gasteiger partial charge in [-0.3, -0.25) is 14.9 Å². The number of hydrogen-bond acceptors (Lipinski definition) is 6. The molecule has 0 aliphatic carbocycles. The number of rotatable bonds is 5. The monoisotopic (exact) mass is 353 g/mol. The van der Waals surface area contributed by atoms with Gasteiger partial charge in [-0.25, -0.2) is 9.97 Å². The van der Waals surface area contributed by atoms with Crippen LogP contribution in [0.15, 0.2) is 30.7 Å². The number of non-ortho nitro benzene ring substituents is 1. The Kier molecular flexibility index (Phi) is 5.31. The van der Waals surface area contributed by atoms with E-state index < -0.39 is 16.4 Å². The van der Waals surface area contributed by atoms with Crippen molar-refractivity contribution in [3.05, 3.63) is 52.1 Å². The first-order valence-corrected chi connectivity index (χ1v) is 7.98. The van der Waals surface area contributed by atoms with Crippen molar-refractivity contribution in [1.29, 1.82) is 5.26 Å². The summed E-state index contributed by atoms with van der Waals surface area (Å²) < 4.78 is 0. The molecule has 0 fully saturated rings. The molecule has 1 heterocycles. The Morgan fingerprint density at radius 1 is 1.35 bits per heavy atom. The summed E-state index contributed by atoms with van der Waals surface area (Å²) in [5.74, 6) is -0.494. The van der Waals surface area contributed by atoms with Crippen molar-refractivity contribution in [2.45, 2.75) is 39.2 Å². The van der Waals surface area contributed by atoms with Crippen LogP contribution in [-0.2, 0) is 0 Å². The van der Waals surface area contributed by atoms with Gasteiger partial charge < -0.3 is 5.32 Å². The van der Waals surface area contributed by atoms with Crippen molar-refractivity contribution in [2.24, 2.45) is 0 Å². The van der Waals surface area contributed by atoms with E-state index in [0.717, 1.165) is 5.69 Å². The average molecular weight is 353 g/mol. The second kappa shape index (κ2) is 7.27. The second-order valence-electron chi connectivity index (χ2n) is 6.69. The van der Waals surface area contributed by atoms with Gasteiger partial charge in [-0.15, -0.1) is 0 Å². The Hall–Kier alpha value is -3.34. The van der Waals surface area contributed by atoms with Crippen LogP contribution < -0.4 is 5.32 Å². The molecule has 1 N–H and O–H groups in total. The molecule has 0 spiro atoms. The lowest BCUT2D eigenvalue weighted by atomic mass is 9.96. The van der Waals surface area contributed by atoms with Crippen LogP contribution in [0, 0.1) is 21.4 Å². The largest absolute Gasteiger partial charge is 0.334 e. The summed E-state index contributed by atoms with van der Waals surface area (Å²) >= 11 is 0. The molecule has 1 aromatic heterocycles. The number of carbonyl (C=O) groups is 1. The van der Waals surface area contributed by atoms with Crippen molar-refractivity contribution in [1.82, 2.24) is 15.3 Å². The van der Waals surface area contributed by atoms with E-state index in [-0.39, 0.29) is 17.2 Å². The number of hydrogen-bond donors (Lipinski definition) is 1. The van der Waals surface area contributed by atoms with Gasteiger partial charge in [0, 0.05) is 29.5 Å². The quantitative estimate of drug-likeness (QED) is 0.650. The Morgan fingerprint density at radius 2 is 2.04 bits per heavy atom. The zero-order chi connectivity index (χ0) is 19.5. The van der Waals surface area contributed by atoms with Crippen LogP contribution in [0.3, 0.4) is 0 Å². The third kappa shape index (κ3) is 4.19. The minimum absolute atomic E-state index is 0.0714. The van der Waals surface area contributed by atoms with Crippen molar-refractivity contribution >= 4 is 11.6 Å². The summed E-state index contributed by atoms with van der Waals surface area (Å²) in [6, 6.07) is 6.08. The van der Waals surface area contributed by atoms with Crippen molar-refractivity contribution in [3.63, 3.8) is 0 Å². The number of nitriles is 1. The molecule has 26 heavy (non-hydrogen) atoms. The van der Waals surface area contributed by atoms with E-state index in [0.29, 0.717) is 11.1 Å². The van der Waals surface area contributed by atoms with E-state index in [1.54, 1.807) is 26.1 Å². The normalized spacial score (nSPS) is 11.1. The minimum atomic E-state index is -1.10. The number of benzene rings is 1. The van der Waals surface area contributed by atoms with Crippen LogP contribution in [0.1, 0.15) is 49.7 Å². The SMILES string of the molecule is CC(C)c1ncncc1-c1cc(C(=O)NC(C)(C)C#N)cc([N+](=O)[O-])c1. The maximum atomic E-state index is 12.5. The predicted octanol–water partition coefficient (Wildman–Crippen LogP) is 3.21. The van der Waals surface area contributed by atoms with Crippen LogP contribution in [0.4, 0.5) is 5.69 Å². The number of nitrogens with one attached hydrogen (secondary N) is 1. The molecule has 0 bridgehead atoms. The number of nitrogens with zero attached hydrogens (tertiary/aromatic N) is 4. The van der Waals surface area contributed by atoms with Gasteiger partial charge in [-0.05, 0) is 31.4 Å². The Balaban J connectivity index is 2.59. The predicted molar refractivity (Wildman–Crippen MR) is 95.4 cm³/mol. The number of nitro benzene ring substituents is 1. The van der Waals surface area contributed by atoms with Gasteiger partial charge in [-0.1, -0.05) is 13.8 Å². The third-order valence-corrected chi connectivity index (χ3v) is 3.70. The highest BCUT2D eigenvalue weighted by Crippen LogP contribution is 2.30. The lowest BCUT2D eigenvalue weighted by Gasteiger charge is -2.18. The fraction of sp³-hybridized carbons (Fsp3) is 0.333. The van der Waals surface area contributed by atoms with Gasteiger partial charge >= 0.3 is 0 Å². The summed E-state index contributed by atoms with van der Waals surface area (Å²) in [6.45, 7) is 6.99. The van der Waals surface area contributed by atoms with Gasteiger partial charge in [0.2, 0.25) is 0 Å². The number of nitro groups is 1. The molecule has 1 aromatic carbocycles. The molecule has 2 aromatic rings. The van der Waals surface area contributed by atoms with E-state index in [1.807, 2.05) is 19.9 Å². The number of amides is 1. The maximum Gasteiger partial charge on any atom is 0.270 e. The van der Waals surface area contributed by atoms with Crippen molar-refractivity contribution in [2.75, 3.05) is 0 Å². The number of carbonyl (C=O) groups excluding carboxylic acids is 1. The number of aromatic nitrogens is 2. The lowest BCUT2D eigenvalue weighted by molar-refractivity contribution is -0.384. The summed E-state index contributed by atoms with van der Waals surface area (Å²) in [5.41, 5.74) is 0.602. The molecule has 8 nitrogen and oxygen atoms in total. The minimum Gasteiger partial charge on any atom is -0.334 e. The molecule has 0 unspecified atom stereocenters. The van der Waals surface area contributed by atoms with Crippen molar-refractivity contribution < 1.29 is 9.72 Å². The lowest BCUT2D eigenvalue weighted by Crippen LogP contribution is -2.42. The van der Waals surface area contributed by atoms with Gasteiger partial charge in [0.1, 0.15) is 11.9 Å². The van der Waals surface area contributed by atoms with Crippen LogP contribution in [0.2, 0.25) is 0 Å². The molecule has 2 rings (SSSR count). The molecule has 0 radical (unpaired) electrons. The molecule has 0 atom stereocenters. The van der Waals surface area contributed by atoms with Crippen LogP contribution in [0.5, 0.6) is 0 Å². The Labute approximate surface area is 151 Å². The first kappa shape index (κ1) is 19.0. The van der Waals surface area contributed by atoms with Crippen LogP contribution in [0.25, 0.3) is 11.1 Å². The van der Waals surface area contributed by atoms with Crippen LogP contribution >= 0.6 is 0 Å². The molecule has 134 valence electrons. The Bertz CT molecular complexity index is 900. The fourth-order valence-electron chi connectivity index (χ4n) is 2.41. The summed E-state index contributed by atoms with van der Waals surface area (Å²) in [4.78, 5) is 31.5. The van der Waals surface area contributed by atoms with E-state index in [2.05, 4.69) is 15.3 Å². The Morgan fingerprint density at radius 3 is 2.62 bits per heavy atom. The molecular formula is C18H19N5O3. The molecule has 1 amide bonds. The molecule has 0 aliphatic rings. The van der Waals surface area contributed by atoms with Gasteiger partial charge in [0.05, 0.1) is 16.7 Å². The maximum absolute atomic E-state index is 12.5. The smallest absolute Gasteiger partial charge is 0.270 e. The molecular weight excluding hydrogens is 334 g/mol. The highest BCUT2D eigenvalue weighted by Gasteiger charge is 2.23. The van der Waals surface area contributed by atoms with E-state index >= 15 is 0 Å². The van der Waals surface area contributed by atoms with Gasteiger partial charge in [0.25, 0.3) is 11.6 Å². The zero-order valence-corrected chi connectivity index (χ0v) is 15.0. The average Bonchev–Trinajstić information content (AvgIpc) is 2.60. The molecule has 0 saturated carbocycles.